The van der Waals surface area contributed by atoms with Crippen LogP contribution in [0.3, 0.4) is 0 Å². The number of aromatic nitrogens is 2. The molecule has 0 bridgehead atoms. The summed E-state index contributed by atoms with van der Waals surface area (Å²) in [5, 5.41) is 0. The molecule has 1 saturated carbocycles. The van der Waals surface area contributed by atoms with E-state index in [4.69, 9.17) is 0 Å². The number of hydrogen-bond acceptors (Lipinski definition) is 2. The first kappa shape index (κ1) is 9.51. The molecule has 1 aromatic heterocycles. The van der Waals surface area contributed by atoms with E-state index in [1.807, 2.05) is 0 Å². The first-order valence-electron chi connectivity index (χ1n) is 4.20. The van der Waals surface area contributed by atoms with E-state index in [1.54, 1.807) is 6.20 Å². The molecule has 0 amide bonds. The third-order valence-electron chi connectivity index (χ3n) is 2.30. The first-order chi connectivity index (χ1) is 6.54. The van der Waals surface area contributed by atoms with Crippen molar-refractivity contribution in [2.45, 2.75) is 31.2 Å². The largest absolute Gasteiger partial charge is 0.522 e. The molecule has 0 saturated heterocycles. The van der Waals surface area contributed by atoms with Crippen LogP contribution in [0.2, 0.25) is 0 Å². The number of rotatable bonds is 2. The number of imidazole rings is 1. The van der Waals surface area contributed by atoms with E-state index in [-0.39, 0.29) is 5.92 Å². The van der Waals surface area contributed by atoms with E-state index < -0.39 is 12.5 Å². The maximum Gasteiger partial charge on any atom is 0.522 e. The number of nitrogens with zero attached hydrogens (tertiary/aromatic N) is 1. The van der Waals surface area contributed by atoms with E-state index in [1.165, 1.54) is 0 Å². The van der Waals surface area contributed by atoms with Crippen LogP contribution < -0.4 is 0 Å². The van der Waals surface area contributed by atoms with E-state index in [2.05, 4.69) is 21.0 Å². The maximum absolute atomic E-state index is 11.7. The van der Waals surface area contributed by atoms with Gasteiger partial charge in [-0.1, -0.05) is 0 Å². The first-order valence-corrected chi connectivity index (χ1v) is 4.20. The molecule has 0 spiro atoms. The quantitative estimate of drug-likeness (QED) is 0.801. The van der Waals surface area contributed by atoms with E-state index in [0.717, 1.165) is 5.69 Å². The highest BCUT2D eigenvalue weighted by molar-refractivity contribution is 5.09. The highest BCUT2D eigenvalue weighted by Crippen LogP contribution is 2.40. The van der Waals surface area contributed by atoms with Gasteiger partial charge in [0, 0.05) is 17.8 Å². The van der Waals surface area contributed by atoms with Crippen molar-refractivity contribution in [1.82, 2.24) is 9.97 Å². The van der Waals surface area contributed by atoms with Gasteiger partial charge in [0.25, 0.3) is 0 Å². The lowest BCUT2D eigenvalue weighted by molar-refractivity contribution is -0.351. The summed E-state index contributed by atoms with van der Waals surface area (Å²) >= 11 is 0. The molecule has 1 aliphatic rings. The van der Waals surface area contributed by atoms with Crippen LogP contribution in [0.15, 0.2) is 6.20 Å². The van der Waals surface area contributed by atoms with Gasteiger partial charge in [-0.15, -0.1) is 13.2 Å². The zero-order chi connectivity index (χ0) is 10.2. The summed E-state index contributed by atoms with van der Waals surface area (Å²) in [5.74, 6) is 0.0982. The van der Waals surface area contributed by atoms with Crippen molar-refractivity contribution in [1.29, 1.82) is 0 Å². The Morgan fingerprint density at radius 1 is 1.50 bits per heavy atom. The number of nitrogens with one attached hydrogen (secondary N) is 1. The van der Waals surface area contributed by atoms with Crippen molar-refractivity contribution >= 4 is 0 Å². The second-order valence-electron chi connectivity index (χ2n) is 3.30. The van der Waals surface area contributed by atoms with Gasteiger partial charge in [0.15, 0.2) is 6.33 Å². The summed E-state index contributed by atoms with van der Waals surface area (Å²) in [6.07, 6.45) is -0.373. The molecule has 2 rings (SSSR count). The lowest BCUT2D eigenvalue weighted by Gasteiger charge is -2.34. The summed E-state index contributed by atoms with van der Waals surface area (Å²) < 4.78 is 39.1. The van der Waals surface area contributed by atoms with Crippen LogP contribution in [-0.4, -0.2) is 22.4 Å². The minimum absolute atomic E-state index is 0.0982. The van der Waals surface area contributed by atoms with Gasteiger partial charge in [0.05, 0.1) is 6.10 Å². The molecule has 1 fully saturated rings. The summed E-state index contributed by atoms with van der Waals surface area (Å²) in [4.78, 5) is 6.43. The van der Waals surface area contributed by atoms with Crippen molar-refractivity contribution < 1.29 is 17.9 Å². The van der Waals surface area contributed by atoms with Crippen LogP contribution in [0.5, 0.6) is 0 Å². The topological polar surface area (TPSA) is 37.9 Å². The van der Waals surface area contributed by atoms with E-state index in [9.17, 15) is 13.2 Å². The highest BCUT2D eigenvalue weighted by Gasteiger charge is 2.40. The lowest BCUT2D eigenvalue weighted by atomic mass is 9.80. The molecule has 1 aliphatic carbocycles. The second kappa shape index (κ2) is 3.27. The van der Waals surface area contributed by atoms with Gasteiger partial charge in [-0.3, -0.25) is 4.74 Å². The zero-order valence-electron chi connectivity index (χ0n) is 7.14. The van der Waals surface area contributed by atoms with Crippen LogP contribution in [-0.2, 0) is 4.74 Å². The van der Waals surface area contributed by atoms with Crippen LogP contribution >= 0.6 is 0 Å². The molecule has 0 aromatic carbocycles. The van der Waals surface area contributed by atoms with Crippen LogP contribution in [0.25, 0.3) is 0 Å². The molecule has 1 heterocycles. The van der Waals surface area contributed by atoms with E-state index in [0.29, 0.717) is 12.8 Å². The van der Waals surface area contributed by atoms with Gasteiger partial charge >= 0.3 is 6.36 Å². The van der Waals surface area contributed by atoms with Gasteiger partial charge in [0.2, 0.25) is 0 Å². The van der Waals surface area contributed by atoms with Crippen molar-refractivity contribution in [2.24, 2.45) is 0 Å². The fourth-order valence-electron chi connectivity index (χ4n) is 1.54. The Kier molecular flexibility index (Phi) is 2.22. The molecule has 1 aromatic rings. The summed E-state index contributed by atoms with van der Waals surface area (Å²) in [7, 11) is 0. The maximum atomic E-state index is 11.7. The number of H-pyrrole nitrogens is 1. The van der Waals surface area contributed by atoms with Crippen molar-refractivity contribution in [3.05, 3.63) is 18.2 Å². The Morgan fingerprint density at radius 3 is 2.71 bits per heavy atom. The monoisotopic (exact) mass is 205 g/mol. The predicted molar refractivity (Wildman–Crippen MR) is 40.3 cm³/mol. The SMILES string of the molecule is FC(F)(F)OC1CC(c2cn[c][nH]2)C1. The Morgan fingerprint density at radius 2 is 2.21 bits per heavy atom. The lowest BCUT2D eigenvalue weighted by Crippen LogP contribution is -2.34. The molecule has 6 heteroatoms. The van der Waals surface area contributed by atoms with Gasteiger partial charge < -0.3 is 4.98 Å². The fourth-order valence-corrected chi connectivity index (χ4v) is 1.54. The third-order valence-corrected chi connectivity index (χ3v) is 2.30. The summed E-state index contributed by atoms with van der Waals surface area (Å²) in [5.41, 5.74) is 0.826. The Balaban J connectivity index is 1.80. The van der Waals surface area contributed by atoms with Gasteiger partial charge in [0.1, 0.15) is 0 Å². The second-order valence-corrected chi connectivity index (χ2v) is 3.30. The number of hydrogen-bond donors (Lipinski definition) is 1. The average Bonchev–Trinajstić information content (AvgIpc) is 2.45. The summed E-state index contributed by atoms with van der Waals surface area (Å²) in [6, 6.07) is 0. The number of ether oxygens (including phenoxy) is 1. The Hall–Kier alpha value is -1.04. The van der Waals surface area contributed by atoms with Gasteiger partial charge in [-0.2, -0.15) is 0 Å². The van der Waals surface area contributed by atoms with Crippen LogP contribution in [0.4, 0.5) is 13.2 Å². The predicted octanol–water partition coefficient (Wildman–Crippen LogP) is 1.99. The van der Waals surface area contributed by atoms with Crippen molar-refractivity contribution in [2.75, 3.05) is 0 Å². The average molecular weight is 205 g/mol. The molecule has 77 valence electrons. The molecule has 0 atom stereocenters. The van der Waals surface area contributed by atoms with Crippen LogP contribution in [0.1, 0.15) is 24.5 Å². The normalized spacial score (nSPS) is 27.4. The highest BCUT2D eigenvalue weighted by atomic mass is 19.4. The van der Waals surface area contributed by atoms with Crippen molar-refractivity contribution in [3.8, 4) is 0 Å². The molecule has 3 nitrogen and oxygen atoms in total. The molecule has 1 N–H and O–H groups in total. The van der Waals surface area contributed by atoms with Crippen molar-refractivity contribution in [3.63, 3.8) is 0 Å². The zero-order valence-corrected chi connectivity index (χ0v) is 7.14. The standard InChI is InChI=1S/C8H8F3N2O/c9-8(10,11)14-6-1-5(2-6)7-3-12-4-13-7/h3,5-6H,1-2H2,(H,12,13). The third kappa shape index (κ3) is 2.06. The molecule has 0 unspecified atom stereocenters. The molecule has 0 aliphatic heterocycles. The van der Waals surface area contributed by atoms with E-state index >= 15 is 0 Å². The summed E-state index contributed by atoms with van der Waals surface area (Å²) in [6.45, 7) is 0. The number of alkyl halides is 3. The molecule has 14 heavy (non-hydrogen) atoms. The molecular weight excluding hydrogens is 197 g/mol. The minimum Gasteiger partial charge on any atom is -0.339 e. The van der Waals surface area contributed by atoms with Crippen LogP contribution in [0, 0.1) is 6.33 Å². The number of halogens is 3. The van der Waals surface area contributed by atoms with Gasteiger partial charge in [-0.25, -0.2) is 4.98 Å². The number of aromatic amines is 1. The Bertz CT molecular complexity index is 290. The fraction of sp³-hybridized carbons (Fsp3) is 0.625. The Labute approximate surface area is 78.3 Å². The smallest absolute Gasteiger partial charge is 0.339 e. The molecular formula is C8H8F3N2O. The molecule has 1 radical (unpaired) electrons. The van der Waals surface area contributed by atoms with Gasteiger partial charge in [-0.05, 0) is 12.8 Å². The minimum atomic E-state index is -4.52.